The molecule has 0 aliphatic heterocycles. The van der Waals surface area contributed by atoms with Gasteiger partial charge in [-0.25, -0.2) is 0 Å². The van der Waals surface area contributed by atoms with Crippen molar-refractivity contribution < 1.29 is 57.8 Å². The van der Waals surface area contributed by atoms with Crippen LogP contribution in [0.5, 0.6) is 0 Å². The molecule has 0 aliphatic rings. The quantitative estimate of drug-likeness (QED) is 0.220. The Morgan fingerprint density at radius 3 is 1.24 bits per heavy atom. The summed E-state index contributed by atoms with van der Waals surface area (Å²) in [5, 5.41) is 9.45. The maximum atomic E-state index is 13.3. The molecule has 0 saturated heterocycles. The van der Waals surface area contributed by atoms with Crippen LogP contribution < -0.4 is 0 Å². The van der Waals surface area contributed by atoms with Gasteiger partial charge in [0.15, 0.2) is 5.41 Å². The van der Waals surface area contributed by atoms with E-state index in [1.54, 1.807) is 6.07 Å². The lowest BCUT2D eigenvalue weighted by molar-refractivity contribution is -0.365. The Morgan fingerprint density at radius 1 is 0.571 bits per heavy atom. The summed E-state index contributed by atoms with van der Waals surface area (Å²) >= 11 is 0. The number of rotatable bonds is 9. The summed E-state index contributed by atoms with van der Waals surface area (Å²) in [5.74, 6) is 0. The van der Waals surface area contributed by atoms with Crippen LogP contribution in [0.3, 0.4) is 0 Å². The lowest BCUT2D eigenvalue weighted by Crippen LogP contribution is -2.57. The first-order chi connectivity index (χ1) is 18.9. The molecule has 42 heavy (non-hydrogen) atoms. The first-order valence-corrected chi connectivity index (χ1v) is 12.2. The van der Waals surface area contributed by atoms with E-state index < -0.39 is 60.0 Å². The largest absolute Gasteiger partial charge is 0.426 e. The van der Waals surface area contributed by atoms with Crippen molar-refractivity contribution in [1.29, 1.82) is 0 Å². The molecule has 2 aromatic carbocycles. The van der Waals surface area contributed by atoms with Crippen LogP contribution in [0, 0.1) is 5.41 Å². The zero-order valence-corrected chi connectivity index (χ0v) is 22.3. The summed E-state index contributed by atoms with van der Waals surface area (Å²) in [7, 11) is 0. The molecule has 0 unspecified atom stereocenters. The van der Waals surface area contributed by atoms with Crippen LogP contribution in [-0.4, -0.2) is 46.8 Å². The third-order valence-electron chi connectivity index (χ3n) is 6.58. The van der Waals surface area contributed by atoms with E-state index in [4.69, 9.17) is 0 Å². The maximum absolute atomic E-state index is 13.3. The fourth-order valence-electron chi connectivity index (χ4n) is 4.03. The molecule has 0 fully saturated rings. The lowest BCUT2D eigenvalue weighted by Gasteiger charge is -2.33. The van der Waals surface area contributed by atoms with E-state index in [2.05, 4.69) is 9.98 Å². The standard InChI is InChI=1S/C27H26F12N2O/c1-16(14-22(3,24(28,29)30)25(31,32)33)40-20-10-6-4-8-18(20)12-13-19-9-5-7-11-21(19)41-17(2)15-23(42,26(34,35)36)27(37,38)39/h4-11,42H,12-15H2,1-3H3/b40-16+,41-17+. The molecule has 0 amide bonds. The fraction of sp³-hybridized carbons (Fsp3) is 0.481. The molecular formula is C27H26F12N2O. The van der Waals surface area contributed by atoms with Crippen molar-refractivity contribution in [3.8, 4) is 0 Å². The molecule has 0 atom stereocenters. The molecule has 2 aromatic rings. The molecule has 0 spiro atoms. The number of benzene rings is 2. The van der Waals surface area contributed by atoms with Gasteiger partial charge in [-0.15, -0.1) is 0 Å². The summed E-state index contributed by atoms with van der Waals surface area (Å²) in [6.45, 7) is 1.96. The van der Waals surface area contributed by atoms with Gasteiger partial charge >= 0.3 is 24.7 Å². The van der Waals surface area contributed by atoms with Gasteiger partial charge < -0.3 is 5.11 Å². The minimum Gasteiger partial charge on any atom is -0.373 e. The highest BCUT2D eigenvalue weighted by atomic mass is 19.4. The molecule has 0 bridgehead atoms. The second kappa shape index (κ2) is 12.3. The number of aryl methyl sites for hydroxylation is 2. The molecule has 234 valence electrons. The van der Waals surface area contributed by atoms with Gasteiger partial charge in [-0.3, -0.25) is 9.98 Å². The average Bonchev–Trinajstić information content (AvgIpc) is 2.81. The van der Waals surface area contributed by atoms with Crippen molar-refractivity contribution in [2.24, 2.45) is 15.4 Å². The first kappa shape index (κ1) is 35.1. The third kappa shape index (κ3) is 7.84. The number of alkyl halides is 12. The second-order valence-electron chi connectivity index (χ2n) is 9.99. The first-order valence-electron chi connectivity index (χ1n) is 12.2. The van der Waals surface area contributed by atoms with Crippen molar-refractivity contribution >= 4 is 22.8 Å². The van der Waals surface area contributed by atoms with Crippen LogP contribution in [0.1, 0.15) is 44.7 Å². The highest BCUT2D eigenvalue weighted by Gasteiger charge is 2.70. The number of halogens is 12. The number of hydrogen-bond donors (Lipinski definition) is 1. The van der Waals surface area contributed by atoms with Crippen LogP contribution in [-0.2, 0) is 12.8 Å². The summed E-state index contributed by atoms with van der Waals surface area (Å²) in [6, 6.07) is 11.7. The molecule has 0 aliphatic carbocycles. The predicted molar refractivity (Wildman–Crippen MR) is 132 cm³/mol. The van der Waals surface area contributed by atoms with Crippen molar-refractivity contribution in [2.45, 2.75) is 76.8 Å². The second-order valence-corrected chi connectivity index (χ2v) is 9.99. The van der Waals surface area contributed by atoms with Gasteiger partial charge in [0.2, 0.25) is 0 Å². The van der Waals surface area contributed by atoms with E-state index in [9.17, 15) is 57.8 Å². The van der Waals surface area contributed by atoms with Gasteiger partial charge in [-0.1, -0.05) is 36.4 Å². The van der Waals surface area contributed by atoms with Gasteiger partial charge in [0, 0.05) is 24.3 Å². The molecule has 0 saturated carbocycles. The van der Waals surface area contributed by atoms with Crippen LogP contribution in [0.4, 0.5) is 64.1 Å². The van der Waals surface area contributed by atoms with Crippen molar-refractivity contribution in [3.63, 3.8) is 0 Å². The number of aliphatic hydroxyl groups is 1. The fourth-order valence-corrected chi connectivity index (χ4v) is 4.03. The minimum absolute atomic E-state index is 0.00461. The Kier molecular flexibility index (Phi) is 10.2. The van der Waals surface area contributed by atoms with Gasteiger partial charge in [0.25, 0.3) is 5.60 Å². The minimum atomic E-state index is -6.03. The number of nitrogens with zero attached hydrogens (tertiary/aromatic N) is 2. The number of hydrogen-bond acceptors (Lipinski definition) is 3. The molecular weight excluding hydrogens is 596 g/mol. The predicted octanol–water partition coefficient (Wildman–Crippen LogP) is 9.42. The summed E-state index contributed by atoms with van der Waals surface area (Å²) in [5.41, 5.74) is -9.33. The topological polar surface area (TPSA) is 45.0 Å². The van der Waals surface area contributed by atoms with Gasteiger partial charge in [0.1, 0.15) is 0 Å². The van der Waals surface area contributed by atoms with E-state index in [1.807, 2.05) is 0 Å². The van der Waals surface area contributed by atoms with Crippen molar-refractivity contribution in [2.75, 3.05) is 0 Å². The van der Waals surface area contributed by atoms with Gasteiger partial charge in [-0.05, 0) is 56.9 Å². The Hall–Kier alpha value is -3.10. The van der Waals surface area contributed by atoms with E-state index in [0.29, 0.717) is 11.1 Å². The summed E-state index contributed by atoms with van der Waals surface area (Å²) < 4.78 is 158. The van der Waals surface area contributed by atoms with E-state index >= 15 is 0 Å². The van der Waals surface area contributed by atoms with E-state index in [-0.39, 0.29) is 31.1 Å². The van der Waals surface area contributed by atoms with E-state index in [0.717, 1.165) is 13.8 Å². The zero-order valence-electron chi connectivity index (χ0n) is 22.3. The van der Waals surface area contributed by atoms with Crippen molar-refractivity contribution in [3.05, 3.63) is 59.7 Å². The SMILES string of the molecule is C/C(CC(C)(C(F)(F)F)C(F)(F)F)=N\c1ccccc1CCc1ccccc1/N=C(\C)CC(O)(C(F)(F)F)C(F)(F)F. The molecule has 0 heterocycles. The Bertz CT molecular complexity index is 1160. The Morgan fingerprint density at radius 2 is 0.905 bits per heavy atom. The monoisotopic (exact) mass is 622 g/mol. The Labute approximate surface area is 233 Å². The molecule has 0 aromatic heterocycles. The lowest BCUT2D eigenvalue weighted by atomic mass is 9.83. The van der Waals surface area contributed by atoms with Crippen molar-refractivity contribution in [1.82, 2.24) is 0 Å². The highest BCUT2D eigenvalue weighted by molar-refractivity contribution is 5.86. The summed E-state index contributed by atoms with van der Waals surface area (Å²) in [4.78, 5) is 7.85. The van der Waals surface area contributed by atoms with Crippen LogP contribution in [0.25, 0.3) is 0 Å². The molecule has 3 nitrogen and oxygen atoms in total. The smallest absolute Gasteiger partial charge is 0.373 e. The van der Waals surface area contributed by atoms with E-state index in [1.165, 1.54) is 42.5 Å². The van der Waals surface area contributed by atoms with Gasteiger partial charge in [-0.2, -0.15) is 52.7 Å². The molecule has 0 radical (unpaired) electrons. The Balaban J connectivity index is 2.34. The number of aliphatic imine (C=N–C) groups is 2. The maximum Gasteiger partial charge on any atom is 0.426 e. The van der Waals surface area contributed by atoms with Crippen LogP contribution >= 0.6 is 0 Å². The zero-order chi connectivity index (χ0) is 32.4. The molecule has 2 rings (SSSR count). The van der Waals surface area contributed by atoms with Crippen LogP contribution in [0.2, 0.25) is 0 Å². The molecule has 15 heteroatoms. The highest BCUT2D eigenvalue weighted by Crippen LogP contribution is 2.52. The normalized spacial score (nSPS) is 14.9. The third-order valence-corrected chi connectivity index (χ3v) is 6.58. The molecule has 1 N–H and O–H groups in total. The number of para-hydroxylation sites is 2. The average molecular weight is 622 g/mol. The van der Waals surface area contributed by atoms with Crippen LogP contribution in [0.15, 0.2) is 58.5 Å². The summed E-state index contributed by atoms with van der Waals surface area (Å²) in [6.07, 6.45) is -26.4. The van der Waals surface area contributed by atoms with Gasteiger partial charge in [0.05, 0.1) is 11.4 Å².